The van der Waals surface area contributed by atoms with E-state index >= 15 is 0 Å². The van der Waals surface area contributed by atoms with Crippen molar-refractivity contribution < 1.29 is 4.79 Å². The number of fused-ring (bicyclic) bond motifs is 1. The average molecular weight is 423 g/mol. The van der Waals surface area contributed by atoms with E-state index < -0.39 is 0 Å². The summed E-state index contributed by atoms with van der Waals surface area (Å²) >= 11 is 3.42. The Labute approximate surface area is 166 Å². The fourth-order valence-electron chi connectivity index (χ4n) is 3.32. The maximum absolute atomic E-state index is 12.4. The van der Waals surface area contributed by atoms with Crippen LogP contribution in [0.1, 0.15) is 23.6 Å². The Bertz CT molecular complexity index is 999. The van der Waals surface area contributed by atoms with Crippen molar-refractivity contribution in [3.05, 3.63) is 82.3 Å². The highest BCUT2D eigenvalue weighted by Gasteiger charge is 2.30. The molecular weight excluding hydrogens is 404 g/mol. The van der Waals surface area contributed by atoms with E-state index in [9.17, 15) is 4.79 Å². The number of nitrogens with one attached hydrogen (secondary N) is 3. The van der Waals surface area contributed by atoms with E-state index in [2.05, 4.69) is 67.6 Å². The van der Waals surface area contributed by atoms with Crippen molar-refractivity contribution in [1.82, 2.24) is 16.3 Å². The van der Waals surface area contributed by atoms with Gasteiger partial charge in [-0.05, 0) is 40.5 Å². The molecule has 0 radical (unpaired) electrons. The van der Waals surface area contributed by atoms with Gasteiger partial charge in [0.05, 0.1) is 6.21 Å². The number of nitrogens with zero attached hydrogens (tertiary/aromatic N) is 1. The van der Waals surface area contributed by atoms with Gasteiger partial charge in [-0.3, -0.25) is 4.79 Å². The van der Waals surface area contributed by atoms with Crippen molar-refractivity contribution in [2.75, 3.05) is 0 Å². The van der Waals surface area contributed by atoms with Crippen LogP contribution in [0, 0.1) is 0 Å². The molecule has 1 heterocycles. The van der Waals surface area contributed by atoms with Crippen LogP contribution in [0.5, 0.6) is 0 Å². The van der Waals surface area contributed by atoms with Gasteiger partial charge in [-0.1, -0.05) is 70.5 Å². The maximum atomic E-state index is 12.4. The molecule has 0 bridgehead atoms. The molecule has 1 amide bonds. The summed E-state index contributed by atoms with van der Waals surface area (Å²) < 4.78 is 0.970. The summed E-state index contributed by atoms with van der Waals surface area (Å²) in [6.45, 7) is 0. The van der Waals surface area contributed by atoms with E-state index in [4.69, 9.17) is 0 Å². The number of carbonyl (C=O) groups excluding carboxylic acids is 1. The second-order valence-electron chi connectivity index (χ2n) is 6.49. The summed E-state index contributed by atoms with van der Waals surface area (Å²) in [6.07, 6.45) is 2.29. The molecule has 2 atom stereocenters. The number of hydrazine groups is 1. The van der Waals surface area contributed by atoms with Gasteiger partial charge in [-0.15, -0.1) is 0 Å². The average Bonchev–Trinajstić information content (AvgIpc) is 3.18. The summed E-state index contributed by atoms with van der Waals surface area (Å²) in [5.41, 5.74) is 11.0. The SMILES string of the molecule is O=C(N/N=C/c1cccc(Br)c1)C1CC(c2cccc3ccccc23)NN1. The first-order valence-electron chi connectivity index (χ1n) is 8.78. The van der Waals surface area contributed by atoms with Crippen LogP contribution in [0.4, 0.5) is 0 Å². The monoisotopic (exact) mass is 422 g/mol. The number of hydrogen-bond donors (Lipinski definition) is 3. The van der Waals surface area contributed by atoms with Crippen molar-refractivity contribution in [2.24, 2.45) is 5.10 Å². The zero-order chi connectivity index (χ0) is 18.6. The molecule has 3 aromatic carbocycles. The number of rotatable bonds is 4. The summed E-state index contributed by atoms with van der Waals surface area (Å²) in [7, 11) is 0. The van der Waals surface area contributed by atoms with Gasteiger partial charge in [0.1, 0.15) is 6.04 Å². The van der Waals surface area contributed by atoms with Crippen molar-refractivity contribution in [3.8, 4) is 0 Å². The number of carbonyl (C=O) groups is 1. The number of hydrogen-bond acceptors (Lipinski definition) is 4. The topological polar surface area (TPSA) is 65.5 Å². The van der Waals surface area contributed by atoms with Crippen molar-refractivity contribution in [2.45, 2.75) is 18.5 Å². The predicted octanol–water partition coefficient (Wildman–Crippen LogP) is 3.66. The Morgan fingerprint density at radius 2 is 1.89 bits per heavy atom. The van der Waals surface area contributed by atoms with E-state index in [0.717, 1.165) is 10.0 Å². The molecule has 136 valence electrons. The molecule has 1 aliphatic rings. The molecule has 6 heteroatoms. The third-order valence-electron chi connectivity index (χ3n) is 4.66. The standard InChI is InChI=1S/C21H19BrN4O/c22-16-8-3-5-14(11-16)13-23-26-21(27)20-12-19(24-25-20)18-10-4-7-15-6-1-2-9-17(15)18/h1-11,13,19-20,24-25H,12H2,(H,26,27)/b23-13+. The van der Waals surface area contributed by atoms with Crippen LogP contribution in [0.15, 0.2) is 76.3 Å². The second-order valence-corrected chi connectivity index (χ2v) is 7.40. The van der Waals surface area contributed by atoms with Gasteiger partial charge in [0.15, 0.2) is 0 Å². The Hall–Kier alpha value is -2.54. The van der Waals surface area contributed by atoms with Crippen LogP contribution in [0.2, 0.25) is 0 Å². The number of amides is 1. The molecule has 0 spiro atoms. The quantitative estimate of drug-likeness (QED) is 0.443. The molecule has 1 aliphatic heterocycles. The molecule has 0 aliphatic carbocycles. The number of halogens is 1. The largest absolute Gasteiger partial charge is 0.271 e. The summed E-state index contributed by atoms with van der Waals surface area (Å²) in [5.74, 6) is -0.156. The van der Waals surface area contributed by atoms with Gasteiger partial charge in [-0.25, -0.2) is 16.3 Å². The van der Waals surface area contributed by atoms with Crippen LogP contribution in [-0.2, 0) is 4.79 Å². The van der Waals surface area contributed by atoms with Gasteiger partial charge in [0.25, 0.3) is 5.91 Å². The van der Waals surface area contributed by atoms with Crippen molar-refractivity contribution in [1.29, 1.82) is 0 Å². The Morgan fingerprint density at radius 3 is 2.78 bits per heavy atom. The third-order valence-corrected chi connectivity index (χ3v) is 5.15. The first kappa shape index (κ1) is 17.9. The van der Waals surface area contributed by atoms with Gasteiger partial charge in [0.2, 0.25) is 0 Å². The van der Waals surface area contributed by atoms with E-state index in [1.54, 1.807) is 6.21 Å². The molecule has 0 saturated carbocycles. The smallest absolute Gasteiger partial charge is 0.258 e. The lowest BCUT2D eigenvalue weighted by molar-refractivity contribution is -0.122. The fourth-order valence-corrected chi connectivity index (χ4v) is 3.74. The van der Waals surface area contributed by atoms with E-state index in [1.165, 1.54) is 16.3 Å². The van der Waals surface area contributed by atoms with Gasteiger partial charge in [0, 0.05) is 10.5 Å². The Kier molecular flexibility index (Phi) is 5.29. The second kappa shape index (κ2) is 8.00. The molecule has 3 aromatic rings. The highest BCUT2D eigenvalue weighted by molar-refractivity contribution is 9.10. The van der Waals surface area contributed by atoms with Crippen molar-refractivity contribution in [3.63, 3.8) is 0 Å². The zero-order valence-corrected chi connectivity index (χ0v) is 16.1. The Morgan fingerprint density at radius 1 is 1.07 bits per heavy atom. The maximum Gasteiger partial charge on any atom is 0.258 e. The molecule has 0 aromatic heterocycles. The first-order chi connectivity index (χ1) is 13.2. The zero-order valence-electron chi connectivity index (χ0n) is 14.5. The van der Waals surface area contributed by atoms with Gasteiger partial charge < -0.3 is 0 Å². The highest BCUT2D eigenvalue weighted by Crippen LogP contribution is 2.29. The minimum atomic E-state index is -0.339. The van der Waals surface area contributed by atoms with Crippen LogP contribution >= 0.6 is 15.9 Å². The van der Waals surface area contributed by atoms with E-state index in [0.29, 0.717) is 6.42 Å². The molecule has 3 N–H and O–H groups in total. The van der Waals surface area contributed by atoms with Crippen molar-refractivity contribution >= 4 is 38.8 Å². The lowest BCUT2D eigenvalue weighted by Crippen LogP contribution is -2.41. The van der Waals surface area contributed by atoms with Gasteiger partial charge in [-0.2, -0.15) is 5.10 Å². The fraction of sp³-hybridized carbons (Fsp3) is 0.143. The summed E-state index contributed by atoms with van der Waals surface area (Å²) in [4.78, 5) is 12.4. The molecule has 5 nitrogen and oxygen atoms in total. The molecule has 1 saturated heterocycles. The van der Waals surface area contributed by atoms with E-state index in [-0.39, 0.29) is 18.0 Å². The third kappa shape index (κ3) is 4.08. The molecule has 1 fully saturated rings. The number of benzene rings is 3. The minimum Gasteiger partial charge on any atom is -0.271 e. The summed E-state index contributed by atoms with van der Waals surface area (Å²) in [6, 6.07) is 22.0. The molecule has 4 rings (SSSR count). The summed E-state index contributed by atoms with van der Waals surface area (Å²) in [5, 5.41) is 6.46. The highest BCUT2D eigenvalue weighted by atomic mass is 79.9. The lowest BCUT2D eigenvalue weighted by atomic mass is 9.96. The van der Waals surface area contributed by atoms with Crippen LogP contribution in [-0.4, -0.2) is 18.2 Å². The molecule has 27 heavy (non-hydrogen) atoms. The molecule has 2 unspecified atom stereocenters. The van der Waals surface area contributed by atoms with Crippen LogP contribution in [0.3, 0.4) is 0 Å². The van der Waals surface area contributed by atoms with Gasteiger partial charge >= 0.3 is 0 Å². The minimum absolute atomic E-state index is 0.0703. The lowest BCUT2D eigenvalue weighted by Gasteiger charge is -2.13. The predicted molar refractivity (Wildman–Crippen MR) is 111 cm³/mol. The Balaban J connectivity index is 1.41. The molecular formula is C21H19BrN4O. The normalized spacial score (nSPS) is 19.6. The van der Waals surface area contributed by atoms with Crippen LogP contribution in [0.25, 0.3) is 10.8 Å². The van der Waals surface area contributed by atoms with E-state index in [1.807, 2.05) is 36.4 Å². The first-order valence-corrected chi connectivity index (χ1v) is 9.57. The van der Waals surface area contributed by atoms with Crippen LogP contribution < -0.4 is 16.3 Å². The number of hydrazone groups is 1.